The summed E-state index contributed by atoms with van der Waals surface area (Å²) >= 11 is 0. The molecule has 1 saturated carbocycles. The fraction of sp³-hybridized carbons (Fsp3) is 0.267. The molecule has 5 heteroatoms. The molecule has 3 aliphatic carbocycles. The van der Waals surface area contributed by atoms with Gasteiger partial charge < -0.3 is 0 Å². The maximum absolute atomic E-state index is 12.4. The monoisotopic (exact) mass is 270 g/mol. The molecule has 3 aliphatic rings. The van der Waals surface area contributed by atoms with E-state index in [1.807, 2.05) is 0 Å². The average Bonchev–Trinajstić information content (AvgIpc) is 2.34. The van der Waals surface area contributed by atoms with Crippen LogP contribution in [0, 0.1) is 11.8 Å². The van der Waals surface area contributed by atoms with Crippen LogP contribution in [0.15, 0.2) is 34.9 Å². The zero-order valence-electron chi connectivity index (χ0n) is 10.6. The Balaban J connectivity index is 2.20. The second-order valence-corrected chi connectivity index (χ2v) is 5.20. The van der Waals surface area contributed by atoms with E-state index >= 15 is 0 Å². The lowest BCUT2D eigenvalue weighted by molar-refractivity contribution is -0.140. The minimum atomic E-state index is -1.25. The Morgan fingerprint density at radius 3 is 2.25 bits per heavy atom. The highest BCUT2D eigenvalue weighted by molar-refractivity contribution is 6.35. The van der Waals surface area contributed by atoms with Gasteiger partial charge in [-0.3, -0.25) is 24.0 Å². The van der Waals surface area contributed by atoms with Gasteiger partial charge in [0.05, 0.1) is 6.42 Å². The van der Waals surface area contributed by atoms with Crippen molar-refractivity contribution in [2.75, 3.05) is 0 Å². The van der Waals surface area contributed by atoms with Gasteiger partial charge in [0.2, 0.25) is 0 Å². The fourth-order valence-electron chi connectivity index (χ4n) is 2.92. The molecule has 100 valence electrons. The predicted octanol–water partition coefficient (Wildman–Crippen LogP) is 0.294. The van der Waals surface area contributed by atoms with Crippen LogP contribution in [0.25, 0.3) is 0 Å². The number of carbonyl (C=O) groups is 5. The number of allylic oxidation sites excluding steroid dienone is 6. The van der Waals surface area contributed by atoms with Crippen molar-refractivity contribution < 1.29 is 24.0 Å². The number of carbonyl (C=O) groups excluding carboxylic acids is 5. The minimum Gasteiger partial charge on any atom is -0.298 e. The van der Waals surface area contributed by atoms with Gasteiger partial charge in [0.1, 0.15) is 11.8 Å². The fourth-order valence-corrected chi connectivity index (χ4v) is 2.92. The van der Waals surface area contributed by atoms with E-state index < -0.39 is 40.8 Å². The van der Waals surface area contributed by atoms with E-state index in [1.165, 1.54) is 12.2 Å². The lowest BCUT2D eigenvalue weighted by atomic mass is 9.65. The van der Waals surface area contributed by atoms with Gasteiger partial charge in [0.25, 0.3) is 0 Å². The number of ketones is 5. The maximum atomic E-state index is 12.4. The van der Waals surface area contributed by atoms with Crippen molar-refractivity contribution >= 4 is 28.9 Å². The van der Waals surface area contributed by atoms with Crippen LogP contribution >= 0.6 is 0 Å². The Morgan fingerprint density at radius 2 is 1.55 bits per heavy atom. The van der Waals surface area contributed by atoms with Gasteiger partial charge in [0, 0.05) is 11.1 Å². The summed E-state index contributed by atoms with van der Waals surface area (Å²) in [6, 6.07) is 0. The van der Waals surface area contributed by atoms with Crippen molar-refractivity contribution in [2.45, 2.75) is 13.3 Å². The molecule has 0 aromatic carbocycles. The molecule has 2 unspecified atom stereocenters. The van der Waals surface area contributed by atoms with E-state index in [4.69, 9.17) is 0 Å². The first-order valence-electron chi connectivity index (χ1n) is 6.19. The quantitative estimate of drug-likeness (QED) is 0.591. The summed E-state index contributed by atoms with van der Waals surface area (Å²) in [7, 11) is 0. The van der Waals surface area contributed by atoms with Crippen LogP contribution in [0.5, 0.6) is 0 Å². The summed E-state index contributed by atoms with van der Waals surface area (Å²) < 4.78 is 0. The molecule has 0 spiro atoms. The van der Waals surface area contributed by atoms with E-state index in [9.17, 15) is 24.0 Å². The normalized spacial score (nSPS) is 29.4. The minimum absolute atomic E-state index is 0.0741. The molecule has 0 heterocycles. The van der Waals surface area contributed by atoms with Crippen LogP contribution in [0.4, 0.5) is 0 Å². The van der Waals surface area contributed by atoms with Crippen LogP contribution in [0.3, 0.4) is 0 Å². The van der Waals surface area contributed by atoms with Crippen LogP contribution in [-0.2, 0) is 24.0 Å². The number of fused-ring (bicyclic) bond motifs is 2. The molecule has 0 aromatic rings. The van der Waals surface area contributed by atoms with E-state index in [2.05, 4.69) is 0 Å². The molecule has 1 fully saturated rings. The van der Waals surface area contributed by atoms with Crippen molar-refractivity contribution in [2.24, 2.45) is 11.8 Å². The Morgan fingerprint density at radius 1 is 0.900 bits per heavy atom. The molecule has 0 radical (unpaired) electrons. The van der Waals surface area contributed by atoms with Crippen LogP contribution in [0.1, 0.15) is 13.3 Å². The Labute approximate surface area is 114 Å². The molecule has 3 rings (SSSR count). The number of hydrogen-bond donors (Lipinski definition) is 0. The highest BCUT2D eigenvalue weighted by Crippen LogP contribution is 2.38. The summed E-state index contributed by atoms with van der Waals surface area (Å²) in [6.07, 6.45) is 3.46. The van der Waals surface area contributed by atoms with Crippen LogP contribution < -0.4 is 0 Å². The number of Topliss-reactive ketones (excluding diaryl/α,β-unsaturated/α-hetero) is 3. The van der Waals surface area contributed by atoms with Gasteiger partial charge >= 0.3 is 0 Å². The van der Waals surface area contributed by atoms with Crippen molar-refractivity contribution in [1.29, 1.82) is 0 Å². The second kappa shape index (κ2) is 4.03. The molecular weight excluding hydrogens is 260 g/mol. The molecule has 0 aromatic heterocycles. The molecule has 5 nitrogen and oxygen atoms in total. The maximum Gasteiger partial charge on any atom is 0.187 e. The van der Waals surface area contributed by atoms with Gasteiger partial charge in [-0.15, -0.1) is 0 Å². The zero-order valence-corrected chi connectivity index (χ0v) is 10.6. The van der Waals surface area contributed by atoms with Crippen LogP contribution in [0.2, 0.25) is 0 Å². The standard InChI is InChI=1S/C15H10O5/c1-6-2-8-12(10(17)3-6)15(20)13-9(14(8)19)4-7(16)5-11(13)18/h2-4,12-13H,5H2,1H3. The summed E-state index contributed by atoms with van der Waals surface area (Å²) in [5, 5.41) is 0. The van der Waals surface area contributed by atoms with Gasteiger partial charge in [-0.05, 0) is 24.6 Å². The lowest BCUT2D eigenvalue weighted by Gasteiger charge is -2.32. The van der Waals surface area contributed by atoms with Gasteiger partial charge in [-0.25, -0.2) is 0 Å². The molecule has 0 saturated heterocycles. The molecule has 0 amide bonds. The Bertz CT molecular complexity index is 692. The van der Waals surface area contributed by atoms with Gasteiger partial charge in [0.15, 0.2) is 28.9 Å². The lowest BCUT2D eigenvalue weighted by Crippen LogP contribution is -2.47. The topological polar surface area (TPSA) is 85.3 Å². The third-order valence-electron chi connectivity index (χ3n) is 3.74. The first-order chi connectivity index (χ1) is 9.40. The van der Waals surface area contributed by atoms with E-state index in [0.717, 1.165) is 6.08 Å². The molecule has 0 aliphatic heterocycles. The highest BCUT2D eigenvalue weighted by Gasteiger charge is 2.50. The molecule has 0 bridgehead atoms. The van der Waals surface area contributed by atoms with Crippen LogP contribution in [-0.4, -0.2) is 28.9 Å². The van der Waals surface area contributed by atoms with E-state index in [0.29, 0.717) is 5.57 Å². The third kappa shape index (κ3) is 1.59. The van der Waals surface area contributed by atoms with Crippen molar-refractivity contribution in [3.05, 3.63) is 34.9 Å². The largest absolute Gasteiger partial charge is 0.298 e. The summed E-state index contributed by atoms with van der Waals surface area (Å²) in [5.74, 6) is -5.11. The Hall–Kier alpha value is -2.43. The van der Waals surface area contributed by atoms with Gasteiger partial charge in [-0.1, -0.05) is 6.08 Å². The highest BCUT2D eigenvalue weighted by atomic mass is 16.2. The molecule has 20 heavy (non-hydrogen) atoms. The SMILES string of the molecule is CC1=CC(=O)C2C(=O)C3C(=O)CC(=O)C=C3C(=O)C2=C1. The summed E-state index contributed by atoms with van der Waals surface area (Å²) in [5.41, 5.74) is 0.571. The summed E-state index contributed by atoms with van der Waals surface area (Å²) in [4.78, 5) is 59.9. The summed E-state index contributed by atoms with van der Waals surface area (Å²) in [6.45, 7) is 1.65. The number of rotatable bonds is 0. The van der Waals surface area contributed by atoms with Crippen molar-refractivity contribution in [3.8, 4) is 0 Å². The second-order valence-electron chi connectivity index (χ2n) is 5.20. The van der Waals surface area contributed by atoms with E-state index in [-0.39, 0.29) is 17.6 Å². The Kier molecular flexibility index (Phi) is 2.54. The zero-order chi connectivity index (χ0) is 14.6. The van der Waals surface area contributed by atoms with Gasteiger partial charge in [-0.2, -0.15) is 0 Å². The van der Waals surface area contributed by atoms with Crippen molar-refractivity contribution in [3.63, 3.8) is 0 Å². The number of hydrogen-bond acceptors (Lipinski definition) is 5. The molecule has 2 atom stereocenters. The first-order valence-corrected chi connectivity index (χ1v) is 6.19. The predicted molar refractivity (Wildman–Crippen MR) is 66.6 cm³/mol. The molecule has 0 N–H and O–H groups in total. The van der Waals surface area contributed by atoms with Crippen molar-refractivity contribution in [1.82, 2.24) is 0 Å². The first kappa shape index (κ1) is 12.6. The average molecular weight is 270 g/mol. The molecular formula is C15H10O5. The van der Waals surface area contributed by atoms with E-state index in [1.54, 1.807) is 6.92 Å². The third-order valence-corrected chi connectivity index (χ3v) is 3.74. The smallest absolute Gasteiger partial charge is 0.187 e.